The van der Waals surface area contributed by atoms with Gasteiger partial charge in [-0.2, -0.15) is 0 Å². The van der Waals surface area contributed by atoms with E-state index in [1.54, 1.807) is 19.1 Å². The minimum Gasteiger partial charge on any atom is -0.493 e. The average molecular weight is 259 g/mol. The Hall–Kier alpha value is -1.42. The van der Waals surface area contributed by atoms with Crippen LogP contribution in [-0.2, 0) is 10.6 Å². The first-order chi connectivity index (χ1) is 8.19. The normalized spacial score (nSPS) is 9.88. The predicted octanol–water partition coefficient (Wildman–Crippen LogP) is 2.62. The molecule has 1 rings (SSSR count). The van der Waals surface area contributed by atoms with Crippen LogP contribution in [0.1, 0.15) is 22.8 Å². The third-order valence-corrected chi connectivity index (χ3v) is 2.54. The number of halogens is 1. The summed E-state index contributed by atoms with van der Waals surface area (Å²) in [6.45, 7) is 2.03. The smallest absolute Gasteiger partial charge is 0.342 e. The van der Waals surface area contributed by atoms with Gasteiger partial charge in [-0.25, -0.2) is 4.79 Å². The molecule has 0 aromatic heterocycles. The van der Waals surface area contributed by atoms with Crippen molar-refractivity contribution >= 4 is 17.6 Å². The van der Waals surface area contributed by atoms with E-state index in [1.165, 1.54) is 14.2 Å². The van der Waals surface area contributed by atoms with Gasteiger partial charge in [0, 0.05) is 5.88 Å². The third kappa shape index (κ3) is 2.82. The maximum Gasteiger partial charge on any atom is 0.342 e. The van der Waals surface area contributed by atoms with Crippen LogP contribution in [0.4, 0.5) is 0 Å². The molecular formula is C12H15ClO4. The lowest BCUT2D eigenvalue weighted by Gasteiger charge is -2.14. The molecule has 0 bridgehead atoms. The van der Waals surface area contributed by atoms with Crippen molar-refractivity contribution in [1.82, 2.24) is 0 Å². The second-order valence-corrected chi connectivity index (χ2v) is 3.46. The van der Waals surface area contributed by atoms with Gasteiger partial charge in [-0.3, -0.25) is 0 Å². The van der Waals surface area contributed by atoms with Crippen LogP contribution in [0.15, 0.2) is 12.1 Å². The molecule has 0 aliphatic heterocycles. The highest BCUT2D eigenvalue weighted by Crippen LogP contribution is 2.34. The van der Waals surface area contributed by atoms with Crippen molar-refractivity contribution < 1.29 is 19.0 Å². The van der Waals surface area contributed by atoms with Crippen LogP contribution in [0, 0.1) is 0 Å². The predicted molar refractivity (Wildman–Crippen MR) is 65.1 cm³/mol. The molecule has 0 saturated carbocycles. The lowest BCUT2D eigenvalue weighted by molar-refractivity contribution is 0.0521. The molecule has 0 aliphatic carbocycles. The van der Waals surface area contributed by atoms with Crippen molar-refractivity contribution in [2.75, 3.05) is 20.8 Å². The van der Waals surface area contributed by atoms with E-state index in [0.717, 1.165) is 0 Å². The van der Waals surface area contributed by atoms with Gasteiger partial charge in [-0.1, -0.05) is 6.07 Å². The molecule has 0 N–H and O–H groups in total. The molecule has 0 unspecified atom stereocenters. The molecule has 0 radical (unpaired) electrons. The Morgan fingerprint density at radius 3 is 2.47 bits per heavy atom. The molecule has 0 heterocycles. The minimum absolute atomic E-state index is 0.203. The molecule has 1 aromatic rings. The van der Waals surface area contributed by atoms with Gasteiger partial charge >= 0.3 is 5.97 Å². The van der Waals surface area contributed by atoms with E-state index in [2.05, 4.69) is 0 Å². The second-order valence-electron chi connectivity index (χ2n) is 3.19. The van der Waals surface area contributed by atoms with Crippen LogP contribution in [0.5, 0.6) is 11.5 Å². The van der Waals surface area contributed by atoms with Crippen molar-refractivity contribution in [2.45, 2.75) is 12.8 Å². The number of carbonyl (C=O) groups excluding carboxylic acids is 1. The number of rotatable bonds is 5. The van der Waals surface area contributed by atoms with Crippen LogP contribution < -0.4 is 9.47 Å². The van der Waals surface area contributed by atoms with Gasteiger partial charge in [0.1, 0.15) is 5.56 Å². The maximum atomic E-state index is 11.9. The summed E-state index contributed by atoms with van der Waals surface area (Å²) in [6, 6.07) is 3.43. The van der Waals surface area contributed by atoms with Crippen LogP contribution in [0.2, 0.25) is 0 Å². The van der Waals surface area contributed by atoms with Gasteiger partial charge in [0.25, 0.3) is 0 Å². The molecule has 0 spiro atoms. The largest absolute Gasteiger partial charge is 0.493 e. The molecule has 0 aliphatic rings. The number of benzene rings is 1. The lowest BCUT2D eigenvalue weighted by atomic mass is 10.1. The fraction of sp³-hybridized carbons (Fsp3) is 0.417. The van der Waals surface area contributed by atoms with Crippen LogP contribution in [0.25, 0.3) is 0 Å². The highest BCUT2D eigenvalue weighted by atomic mass is 35.5. The van der Waals surface area contributed by atoms with Crippen molar-refractivity contribution in [3.8, 4) is 11.5 Å². The SMILES string of the molecule is CCOC(=O)c1c(CCl)ccc(OC)c1OC. The monoisotopic (exact) mass is 258 g/mol. The van der Waals surface area contributed by atoms with Crippen molar-refractivity contribution in [2.24, 2.45) is 0 Å². The van der Waals surface area contributed by atoms with Crippen molar-refractivity contribution in [3.05, 3.63) is 23.3 Å². The fourth-order valence-electron chi connectivity index (χ4n) is 1.51. The molecule has 1 aromatic carbocycles. The summed E-state index contributed by atoms with van der Waals surface area (Å²) in [5.74, 6) is 0.571. The molecule has 0 amide bonds. The topological polar surface area (TPSA) is 44.8 Å². The molecule has 5 heteroatoms. The number of alkyl halides is 1. The van der Waals surface area contributed by atoms with Gasteiger partial charge < -0.3 is 14.2 Å². The fourth-order valence-corrected chi connectivity index (χ4v) is 1.73. The summed E-state index contributed by atoms with van der Waals surface area (Å²) in [7, 11) is 2.98. The number of methoxy groups -OCH3 is 2. The molecule has 4 nitrogen and oxygen atoms in total. The van der Waals surface area contributed by atoms with Crippen molar-refractivity contribution in [1.29, 1.82) is 0 Å². The summed E-state index contributed by atoms with van der Waals surface area (Å²) >= 11 is 5.80. The Morgan fingerprint density at radius 1 is 1.29 bits per heavy atom. The Kier molecular flexibility index (Phi) is 5.10. The zero-order valence-corrected chi connectivity index (χ0v) is 10.8. The number of hydrogen-bond acceptors (Lipinski definition) is 4. The van der Waals surface area contributed by atoms with E-state index in [0.29, 0.717) is 29.2 Å². The summed E-state index contributed by atoms with van der Waals surface area (Å²) in [6.07, 6.45) is 0. The van der Waals surface area contributed by atoms with Gasteiger partial charge in [0.2, 0.25) is 0 Å². The zero-order valence-electron chi connectivity index (χ0n) is 10.1. The number of hydrogen-bond donors (Lipinski definition) is 0. The first kappa shape index (κ1) is 13.6. The second kappa shape index (κ2) is 6.35. The van der Waals surface area contributed by atoms with E-state index in [4.69, 9.17) is 25.8 Å². The Balaban J connectivity index is 3.34. The summed E-state index contributed by atoms with van der Waals surface area (Å²) in [4.78, 5) is 11.9. The molecular weight excluding hydrogens is 244 g/mol. The van der Waals surface area contributed by atoms with Gasteiger partial charge in [0.05, 0.1) is 20.8 Å². The summed E-state index contributed by atoms with van der Waals surface area (Å²) < 4.78 is 15.3. The number of ether oxygens (including phenoxy) is 3. The zero-order chi connectivity index (χ0) is 12.8. The standard InChI is InChI=1S/C12H15ClO4/c1-4-17-12(14)10-8(7-13)5-6-9(15-2)11(10)16-3/h5-6H,4,7H2,1-3H3. The molecule has 0 atom stereocenters. The minimum atomic E-state index is -0.459. The van der Waals surface area contributed by atoms with E-state index < -0.39 is 5.97 Å². The highest BCUT2D eigenvalue weighted by Gasteiger charge is 2.21. The first-order valence-electron chi connectivity index (χ1n) is 5.16. The van der Waals surface area contributed by atoms with E-state index >= 15 is 0 Å². The molecule has 0 saturated heterocycles. The van der Waals surface area contributed by atoms with Gasteiger partial charge in [-0.15, -0.1) is 11.6 Å². The van der Waals surface area contributed by atoms with E-state index in [1.807, 2.05) is 0 Å². The third-order valence-electron chi connectivity index (χ3n) is 2.26. The summed E-state index contributed by atoms with van der Waals surface area (Å²) in [5, 5.41) is 0. The lowest BCUT2D eigenvalue weighted by Crippen LogP contribution is -2.10. The van der Waals surface area contributed by atoms with Crippen molar-refractivity contribution in [3.63, 3.8) is 0 Å². The van der Waals surface area contributed by atoms with Crippen LogP contribution in [0.3, 0.4) is 0 Å². The van der Waals surface area contributed by atoms with Gasteiger partial charge in [0.15, 0.2) is 11.5 Å². The van der Waals surface area contributed by atoms with E-state index in [-0.39, 0.29) is 5.88 Å². The maximum absolute atomic E-state index is 11.9. The molecule has 0 fully saturated rings. The Morgan fingerprint density at radius 2 is 2.00 bits per heavy atom. The summed E-state index contributed by atoms with van der Waals surface area (Å²) in [5.41, 5.74) is 0.978. The first-order valence-corrected chi connectivity index (χ1v) is 5.69. The van der Waals surface area contributed by atoms with E-state index in [9.17, 15) is 4.79 Å². The quantitative estimate of drug-likeness (QED) is 0.602. The Bertz CT molecular complexity index is 404. The van der Waals surface area contributed by atoms with Crippen LogP contribution in [-0.4, -0.2) is 26.8 Å². The molecule has 94 valence electrons. The van der Waals surface area contributed by atoms with Crippen LogP contribution >= 0.6 is 11.6 Å². The molecule has 17 heavy (non-hydrogen) atoms. The number of esters is 1. The van der Waals surface area contributed by atoms with Gasteiger partial charge in [-0.05, 0) is 18.6 Å². The average Bonchev–Trinajstić information content (AvgIpc) is 2.36. The Labute approximate surface area is 105 Å². The highest BCUT2D eigenvalue weighted by molar-refractivity contribution is 6.17. The number of carbonyl (C=O) groups is 1.